The van der Waals surface area contributed by atoms with Crippen LogP contribution in [0, 0.1) is 6.92 Å². The van der Waals surface area contributed by atoms with E-state index in [4.69, 9.17) is 10.2 Å². The Balaban J connectivity index is 2.16. The molecule has 2 heterocycles. The van der Waals surface area contributed by atoms with Crippen LogP contribution in [0.25, 0.3) is 0 Å². The van der Waals surface area contributed by atoms with Gasteiger partial charge >= 0.3 is 0 Å². The van der Waals surface area contributed by atoms with E-state index in [9.17, 15) is 0 Å². The third-order valence-electron chi connectivity index (χ3n) is 1.68. The van der Waals surface area contributed by atoms with Gasteiger partial charge in [0.15, 0.2) is 5.16 Å². The quantitative estimate of drug-likeness (QED) is 0.790. The zero-order chi connectivity index (χ0) is 10.7. The van der Waals surface area contributed by atoms with Gasteiger partial charge in [0.2, 0.25) is 0 Å². The second-order valence-corrected chi connectivity index (χ2v) is 3.81. The molecule has 15 heavy (non-hydrogen) atoms. The summed E-state index contributed by atoms with van der Waals surface area (Å²) in [4.78, 5) is 12.5. The molecule has 0 spiro atoms. The van der Waals surface area contributed by atoms with Crippen molar-refractivity contribution in [3.8, 4) is 0 Å². The van der Waals surface area contributed by atoms with Crippen LogP contribution < -0.4 is 5.73 Å². The molecule has 2 N–H and O–H groups in total. The van der Waals surface area contributed by atoms with Gasteiger partial charge in [0.1, 0.15) is 6.26 Å². The molecule has 0 amide bonds. The lowest BCUT2D eigenvalue weighted by Crippen LogP contribution is -2.00. The smallest absolute Gasteiger partial charge is 0.263 e. The minimum atomic E-state index is 0.403. The van der Waals surface area contributed by atoms with Crippen molar-refractivity contribution in [1.82, 2.24) is 15.0 Å². The summed E-state index contributed by atoms with van der Waals surface area (Å²) in [6.45, 7) is 2.27. The van der Waals surface area contributed by atoms with Crippen molar-refractivity contribution >= 4 is 11.8 Å². The van der Waals surface area contributed by atoms with Crippen LogP contribution in [-0.4, -0.2) is 15.0 Å². The average Bonchev–Trinajstić information content (AvgIpc) is 2.64. The maximum absolute atomic E-state index is 5.48. The Morgan fingerprint density at radius 3 is 3.00 bits per heavy atom. The summed E-state index contributed by atoms with van der Waals surface area (Å²) in [6.07, 6.45) is 3.27. The molecular formula is C9H10N4OS. The molecule has 0 aliphatic heterocycles. The summed E-state index contributed by atoms with van der Waals surface area (Å²) >= 11 is 1.28. The molecule has 0 fully saturated rings. The highest BCUT2D eigenvalue weighted by Crippen LogP contribution is 2.23. The Labute approximate surface area is 91.1 Å². The number of hydrogen-bond donors (Lipinski definition) is 1. The fourth-order valence-corrected chi connectivity index (χ4v) is 1.71. The van der Waals surface area contributed by atoms with Gasteiger partial charge in [-0.3, -0.25) is 0 Å². The predicted molar refractivity (Wildman–Crippen MR) is 55.3 cm³/mol. The van der Waals surface area contributed by atoms with Gasteiger partial charge in [-0.25, -0.2) is 15.0 Å². The Morgan fingerprint density at radius 1 is 1.47 bits per heavy atom. The molecule has 0 radical (unpaired) electrons. The lowest BCUT2D eigenvalue weighted by molar-refractivity contribution is 0.453. The highest BCUT2D eigenvalue weighted by atomic mass is 32.2. The monoisotopic (exact) mass is 222 g/mol. The molecule has 0 atom stereocenters. The molecule has 0 aromatic carbocycles. The van der Waals surface area contributed by atoms with Crippen LogP contribution >= 0.6 is 11.8 Å². The van der Waals surface area contributed by atoms with E-state index in [0.717, 1.165) is 11.4 Å². The summed E-state index contributed by atoms with van der Waals surface area (Å²) in [5.41, 5.74) is 7.12. The zero-order valence-corrected chi connectivity index (χ0v) is 8.99. The molecule has 6 heteroatoms. The number of aryl methyl sites for hydroxylation is 1. The van der Waals surface area contributed by atoms with Crippen LogP contribution in [0.2, 0.25) is 0 Å². The van der Waals surface area contributed by atoms with Gasteiger partial charge < -0.3 is 10.2 Å². The van der Waals surface area contributed by atoms with Gasteiger partial charge in [-0.1, -0.05) is 0 Å². The second kappa shape index (κ2) is 4.41. The number of oxazole rings is 1. The van der Waals surface area contributed by atoms with E-state index in [0.29, 0.717) is 16.9 Å². The first-order valence-electron chi connectivity index (χ1n) is 4.40. The number of aromatic nitrogens is 3. The van der Waals surface area contributed by atoms with Gasteiger partial charge in [0, 0.05) is 24.5 Å². The molecule has 2 rings (SSSR count). The van der Waals surface area contributed by atoms with E-state index < -0.39 is 0 Å². The van der Waals surface area contributed by atoms with Gasteiger partial charge in [-0.15, -0.1) is 0 Å². The SMILES string of the molecule is Cc1coc(Sc2nccc(CN)n2)n1. The van der Waals surface area contributed by atoms with Crippen LogP contribution in [0.1, 0.15) is 11.4 Å². The third-order valence-corrected chi connectivity index (χ3v) is 2.42. The van der Waals surface area contributed by atoms with Crippen LogP contribution in [0.4, 0.5) is 0 Å². The Kier molecular flexibility index (Phi) is 2.98. The first-order chi connectivity index (χ1) is 7.28. The number of nitrogens with zero attached hydrogens (tertiary/aromatic N) is 3. The highest BCUT2D eigenvalue weighted by molar-refractivity contribution is 7.98. The predicted octanol–water partition coefficient (Wildman–Crippen LogP) is 1.38. The van der Waals surface area contributed by atoms with Crippen molar-refractivity contribution in [3.63, 3.8) is 0 Å². The van der Waals surface area contributed by atoms with Crippen molar-refractivity contribution < 1.29 is 4.42 Å². The zero-order valence-electron chi connectivity index (χ0n) is 8.17. The van der Waals surface area contributed by atoms with E-state index in [1.165, 1.54) is 11.8 Å². The molecule has 0 saturated heterocycles. The molecule has 5 nitrogen and oxygen atoms in total. The van der Waals surface area contributed by atoms with Gasteiger partial charge in [-0.05, 0) is 13.0 Å². The van der Waals surface area contributed by atoms with Crippen molar-refractivity contribution in [2.24, 2.45) is 5.73 Å². The van der Waals surface area contributed by atoms with Gasteiger partial charge in [0.05, 0.1) is 11.4 Å². The maximum atomic E-state index is 5.48. The van der Waals surface area contributed by atoms with Crippen LogP contribution in [0.5, 0.6) is 0 Å². The highest BCUT2D eigenvalue weighted by Gasteiger charge is 2.06. The standard InChI is InChI=1S/C9H10N4OS/c1-6-5-14-9(12-6)15-8-11-3-2-7(4-10)13-8/h2-3,5H,4,10H2,1H3. The topological polar surface area (TPSA) is 77.8 Å². The molecule has 0 aliphatic rings. The Morgan fingerprint density at radius 2 is 2.33 bits per heavy atom. The van der Waals surface area contributed by atoms with Crippen molar-refractivity contribution in [2.45, 2.75) is 23.8 Å². The third kappa shape index (κ3) is 2.54. The minimum absolute atomic E-state index is 0.403. The summed E-state index contributed by atoms with van der Waals surface area (Å²) in [5, 5.41) is 1.14. The summed E-state index contributed by atoms with van der Waals surface area (Å²) < 4.78 is 5.18. The van der Waals surface area contributed by atoms with Gasteiger partial charge in [-0.2, -0.15) is 0 Å². The molecule has 0 aliphatic carbocycles. The van der Waals surface area contributed by atoms with Gasteiger partial charge in [0.25, 0.3) is 5.22 Å². The molecular weight excluding hydrogens is 212 g/mol. The van der Waals surface area contributed by atoms with E-state index in [-0.39, 0.29) is 0 Å². The fraction of sp³-hybridized carbons (Fsp3) is 0.222. The number of nitrogens with two attached hydrogens (primary N) is 1. The summed E-state index contributed by atoms with van der Waals surface area (Å²) in [6, 6.07) is 1.78. The molecule has 2 aromatic rings. The summed E-state index contributed by atoms with van der Waals surface area (Å²) in [5.74, 6) is 0. The van der Waals surface area contributed by atoms with E-state index in [2.05, 4.69) is 15.0 Å². The Bertz CT molecular complexity index is 457. The molecule has 2 aromatic heterocycles. The normalized spacial score (nSPS) is 10.5. The largest absolute Gasteiger partial charge is 0.439 e. The molecule has 0 unspecified atom stereocenters. The van der Waals surface area contributed by atoms with E-state index in [1.807, 2.05) is 6.92 Å². The second-order valence-electron chi connectivity index (χ2n) is 2.89. The van der Waals surface area contributed by atoms with E-state index in [1.54, 1.807) is 18.5 Å². The summed E-state index contributed by atoms with van der Waals surface area (Å²) in [7, 11) is 0. The van der Waals surface area contributed by atoms with E-state index >= 15 is 0 Å². The van der Waals surface area contributed by atoms with Crippen LogP contribution in [0.15, 0.2) is 33.3 Å². The molecule has 0 bridgehead atoms. The van der Waals surface area contributed by atoms with Crippen LogP contribution in [0.3, 0.4) is 0 Å². The Hall–Kier alpha value is -1.40. The lowest BCUT2D eigenvalue weighted by atomic mass is 10.4. The maximum Gasteiger partial charge on any atom is 0.263 e. The van der Waals surface area contributed by atoms with Crippen molar-refractivity contribution in [2.75, 3.05) is 0 Å². The lowest BCUT2D eigenvalue weighted by Gasteiger charge is -1.97. The molecule has 0 saturated carbocycles. The number of rotatable bonds is 3. The fourth-order valence-electron chi connectivity index (χ4n) is 0.996. The first-order valence-corrected chi connectivity index (χ1v) is 5.21. The first kappa shape index (κ1) is 10.1. The van der Waals surface area contributed by atoms with Crippen LogP contribution in [-0.2, 0) is 6.54 Å². The molecule has 78 valence electrons. The van der Waals surface area contributed by atoms with Crippen molar-refractivity contribution in [3.05, 3.63) is 29.9 Å². The minimum Gasteiger partial charge on any atom is -0.439 e. The van der Waals surface area contributed by atoms with Crippen molar-refractivity contribution in [1.29, 1.82) is 0 Å². The average molecular weight is 222 g/mol. The number of hydrogen-bond acceptors (Lipinski definition) is 6.